The number of hydrogen-bond acceptors (Lipinski definition) is 5. The Hall–Kier alpha value is -2.60. The summed E-state index contributed by atoms with van der Waals surface area (Å²) in [7, 11) is 0. The number of nitrogens with one attached hydrogen (secondary N) is 1. The Kier molecular flexibility index (Phi) is 4.52. The Morgan fingerprint density at radius 3 is 2.80 bits per heavy atom. The van der Waals surface area contributed by atoms with E-state index in [2.05, 4.69) is 15.2 Å². The van der Waals surface area contributed by atoms with Crippen LogP contribution in [0.25, 0.3) is 0 Å². The van der Waals surface area contributed by atoms with E-state index in [1.54, 1.807) is 6.20 Å². The summed E-state index contributed by atoms with van der Waals surface area (Å²) in [5.74, 6) is 1.57. The fraction of sp³-hybridized carbons (Fsp3) is 0.368. The van der Waals surface area contributed by atoms with Gasteiger partial charge in [0.15, 0.2) is 0 Å². The van der Waals surface area contributed by atoms with Crippen molar-refractivity contribution in [2.75, 3.05) is 43.1 Å². The number of hydrogen-bond donors (Lipinski definition) is 1. The van der Waals surface area contributed by atoms with Crippen LogP contribution in [-0.2, 0) is 16.0 Å². The molecule has 4 rings (SSSR count). The Balaban J connectivity index is 1.38. The summed E-state index contributed by atoms with van der Waals surface area (Å²) in [6.07, 6.45) is 2.40. The normalized spacial score (nSPS) is 19.7. The number of para-hydroxylation sites is 1. The minimum Gasteiger partial charge on any atom is -0.492 e. The largest absolute Gasteiger partial charge is 0.492 e. The standard InChI is InChI=1S/C19H21N3O3/c23-19(15-11-14-3-1-2-4-17(14)25-13-15)21-16-5-6-18(20-12-16)22-7-9-24-10-8-22/h1-6,12,15H,7-11,13H2,(H,21,23)/t15-/m1/s1. The lowest BCUT2D eigenvalue weighted by Gasteiger charge is -2.28. The van der Waals surface area contributed by atoms with Gasteiger partial charge in [0.05, 0.1) is 31.0 Å². The van der Waals surface area contributed by atoms with E-state index in [0.29, 0.717) is 18.7 Å². The van der Waals surface area contributed by atoms with E-state index >= 15 is 0 Å². The molecule has 0 unspecified atom stereocenters. The van der Waals surface area contributed by atoms with Crippen LogP contribution in [0, 0.1) is 5.92 Å². The maximum atomic E-state index is 12.5. The average Bonchev–Trinajstić information content (AvgIpc) is 2.69. The number of nitrogens with zero attached hydrogens (tertiary/aromatic N) is 2. The molecule has 1 amide bonds. The van der Waals surface area contributed by atoms with E-state index in [-0.39, 0.29) is 11.8 Å². The van der Waals surface area contributed by atoms with E-state index in [0.717, 1.165) is 43.4 Å². The first-order valence-electron chi connectivity index (χ1n) is 8.60. The van der Waals surface area contributed by atoms with Gasteiger partial charge >= 0.3 is 0 Å². The van der Waals surface area contributed by atoms with E-state index in [9.17, 15) is 4.79 Å². The van der Waals surface area contributed by atoms with Gasteiger partial charge in [0.1, 0.15) is 18.2 Å². The maximum absolute atomic E-state index is 12.5. The van der Waals surface area contributed by atoms with Crippen LogP contribution in [0.4, 0.5) is 11.5 Å². The number of rotatable bonds is 3. The third-order valence-corrected chi connectivity index (χ3v) is 4.60. The quantitative estimate of drug-likeness (QED) is 0.928. The molecule has 0 saturated carbocycles. The second-order valence-electron chi connectivity index (χ2n) is 6.31. The Labute approximate surface area is 146 Å². The van der Waals surface area contributed by atoms with Gasteiger partial charge in [0.25, 0.3) is 0 Å². The van der Waals surface area contributed by atoms with Gasteiger partial charge in [0, 0.05) is 13.1 Å². The summed E-state index contributed by atoms with van der Waals surface area (Å²) in [5, 5.41) is 2.95. The van der Waals surface area contributed by atoms with E-state index in [4.69, 9.17) is 9.47 Å². The van der Waals surface area contributed by atoms with Gasteiger partial charge in [-0.05, 0) is 30.2 Å². The first-order valence-corrected chi connectivity index (χ1v) is 8.60. The van der Waals surface area contributed by atoms with Crippen molar-refractivity contribution in [1.82, 2.24) is 4.98 Å². The maximum Gasteiger partial charge on any atom is 0.231 e. The highest BCUT2D eigenvalue weighted by Crippen LogP contribution is 2.27. The van der Waals surface area contributed by atoms with Crippen LogP contribution in [0.5, 0.6) is 5.75 Å². The van der Waals surface area contributed by atoms with Crippen molar-refractivity contribution in [1.29, 1.82) is 0 Å². The van der Waals surface area contributed by atoms with Crippen LogP contribution >= 0.6 is 0 Å². The number of aromatic nitrogens is 1. The molecular formula is C19H21N3O3. The number of benzene rings is 1. The molecule has 2 aromatic rings. The molecule has 1 saturated heterocycles. The predicted octanol–water partition coefficient (Wildman–Crippen LogP) is 2.11. The molecule has 1 aromatic carbocycles. The Morgan fingerprint density at radius 2 is 2.00 bits per heavy atom. The molecule has 1 N–H and O–H groups in total. The summed E-state index contributed by atoms with van der Waals surface area (Å²) in [6.45, 7) is 3.55. The monoisotopic (exact) mass is 339 g/mol. The van der Waals surface area contributed by atoms with E-state index < -0.39 is 0 Å². The second-order valence-corrected chi connectivity index (χ2v) is 6.31. The number of pyridine rings is 1. The minimum absolute atomic E-state index is 0.0320. The van der Waals surface area contributed by atoms with Crippen molar-refractivity contribution >= 4 is 17.4 Å². The molecule has 0 spiro atoms. The van der Waals surface area contributed by atoms with Crippen molar-refractivity contribution in [3.63, 3.8) is 0 Å². The number of anilines is 2. The van der Waals surface area contributed by atoms with Crippen LogP contribution in [0.1, 0.15) is 5.56 Å². The van der Waals surface area contributed by atoms with Crippen LogP contribution in [-0.4, -0.2) is 43.8 Å². The lowest BCUT2D eigenvalue weighted by molar-refractivity contribution is -0.121. The van der Waals surface area contributed by atoms with Crippen LogP contribution in [0.3, 0.4) is 0 Å². The van der Waals surface area contributed by atoms with Crippen molar-refractivity contribution in [3.05, 3.63) is 48.2 Å². The Bertz CT molecular complexity index is 742. The molecule has 0 aliphatic carbocycles. The molecule has 1 fully saturated rings. The van der Waals surface area contributed by atoms with E-state index in [1.165, 1.54) is 0 Å². The molecule has 0 bridgehead atoms. The molecule has 130 valence electrons. The van der Waals surface area contributed by atoms with E-state index in [1.807, 2.05) is 36.4 Å². The first kappa shape index (κ1) is 15.9. The molecular weight excluding hydrogens is 318 g/mol. The topological polar surface area (TPSA) is 63.7 Å². The van der Waals surface area contributed by atoms with Crippen molar-refractivity contribution in [3.8, 4) is 5.75 Å². The van der Waals surface area contributed by atoms with Crippen LogP contribution in [0.15, 0.2) is 42.6 Å². The SMILES string of the molecule is O=C(Nc1ccc(N2CCOCC2)nc1)[C@H]1COc2ccccc2C1. The molecule has 2 aliphatic heterocycles. The average molecular weight is 339 g/mol. The van der Waals surface area contributed by atoms with Gasteiger partial charge in [-0.25, -0.2) is 4.98 Å². The minimum atomic E-state index is -0.186. The number of fused-ring (bicyclic) bond motifs is 1. The first-order chi connectivity index (χ1) is 12.3. The van der Waals surface area contributed by atoms with Gasteiger partial charge in [0.2, 0.25) is 5.91 Å². The second kappa shape index (κ2) is 7.11. The van der Waals surface area contributed by atoms with Crippen LogP contribution in [0.2, 0.25) is 0 Å². The zero-order chi connectivity index (χ0) is 17.1. The van der Waals surface area contributed by atoms with Crippen molar-refractivity contribution in [2.24, 2.45) is 5.92 Å². The lowest BCUT2D eigenvalue weighted by Crippen LogP contribution is -2.36. The highest BCUT2D eigenvalue weighted by atomic mass is 16.5. The van der Waals surface area contributed by atoms with Gasteiger partial charge in [-0.1, -0.05) is 18.2 Å². The number of amides is 1. The summed E-state index contributed by atoms with van der Waals surface area (Å²) < 4.78 is 11.0. The summed E-state index contributed by atoms with van der Waals surface area (Å²) in [5.41, 5.74) is 1.79. The highest BCUT2D eigenvalue weighted by Gasteiger charge is 2.26. The molecule has 6 heteroatoms. The Morgan fingerprint density at radius 1 is 1.16 bits per heavy atom. The van der Waals surface area contributed by atoms with Crippen molar-refractivity contribution in [2.45, 2.75) is 6.42 Å². The fourth-order valence-electron chi connectivity index (χ4n) is 3.18. The summed E-state index contributed by atoms with van der Waals surface area (Å²) in [4.78, 5) is 19.2. The zero-order valence-electron chi connectivity index (χ0n) is 14.0. The summed E-state index contributed by atoms with van der Waals surface area (Å²) in [6, 6.07) is 11.7. The van der Waals surface area contributed by atoms with Gasteiger partial charge in [-0.3, -0.25) is 4.79 Å². The molecule has 2 aliphatic rings. The molecule has 25 heavy (non-hydrogen) atoms. The molecule has 1 aromatic heterocycles. The third kappa shape index (κ3) is 3.58. The zero-order valence-corrected chi connectivity index (χ0v) is 14.0. The van der Waals surface area contributed by atoms with Crippen molar-refractivity contribution < 1.29 is 14.3 Å². The van der Waals surface area contributed by atoms with Crippen LogP contribution < -0.4 is 15.0 Å². The highest BCUT2D eigenvalue weighted by molar-refractivity contribution is 5.93. The molecule has 1 atom stereocenters. The molecule has 0 radical (unpaired) electrons. The molecule has 3 heterocycles. The smallest absolute Gasteiger partial charge is 0.231 e. The lowest BCUT2D eigenvalue weighted by atomic mass is 9.96. The number of morpholine rings is 1. The van der Waals surface area contributed by atoms with Gasteiger partial charge in [-0.15, -0.1) is 0 Å². The number of ether oxygens (including phenoxy) is 2. The third-order valence-electron chi connectivity index (χ3n) is 4.60. The predicted molar refractivity (Wildman–Crippen MR) is 95.0 cm³/mol. The number of carbonyl (C=O) groups is 1. The fourth-order valence-corrected chi connectivity index (χ4v) is 3.18. The molecule has 6 nitrogen and oxygen atoms in total. The van der Waals surface area contributed by atoms with Gasteiger partial charge in [-0.2, -0.15) is 0 Å². The van der Waals surface area contributed by atoms with Gasteiger partial charge < -0.3 is 19.7 Å². The number of carbonyl (C=O) groups excluding carboxylic acids is 1. The summed E-state index contributed by atoms with van der Waals surface area (Å²) >= 11 is 0.